The van der Waals surface area contributed by atoms with Crippen molar-refractivity contribution in [3.8, 4) is 0 Å². The lowest BCUT2D eigenvalue weighted by Gasteiger charge is -1.94. The minimum absolute atomic E-state index is 0.187. The van der Waals surface area contributed by atoms with Crippen LogP contribution in [0, 0.1) is 0 Å². The van der Waals surface area contributed by atoms with E-state index in [1.54, 1.807) is 35.6 Å². The van der Waals surface area contributed by atoms with Crippen LogP contribution in [0.4, 0.5) is 0 Å². The van der Waals surface area contributed by atoms with Crippen LogP contribution in [-0.4, -0.2) is 15.3 Å². The van der Waals surface area contributed by atoms with E-state index >= 15 is 0 Å². The Morgan fingerprint density at radius 1 is 1.50 bits per heavy atom. The molecule has 3 heteroatoms. The molecule has 0 saturated carbocycles. The van der Waals surface area contributed by atoms with Gasteiger partial charge in [0.15, 0.2) is 5.78 Å². The number of hydrogen-bond donors (Lipinski definition) is 0. The summed E-state index contributed by atoms with van der Waals surface area (Å²) in [5.41, 5.74) is 0. The maximum atomic E-state index is 11.3. The van der Waals surface area contributed by atoms with Crippen LogP contribution in [0.5, 0.6) is 0 Å². The highest BCUT2D eigenvalue weighted by Gasteiger charge is 1.95. The molecule has 3 nitrogen and oxygen atoms in total. The molecule has 0 spiro atoms. The summed E-state index contributed by atoms with van der Waals surface area (Å²) >= 11 is 0. The van der Waals surface area contributed by atoms with Gasteiger partial charge in [-0.3, -0.25) is 4.79 Å². The van der Waals surface area contributed by atoms with Crippen molar-refractivity contribution in [2.24, 2.45) is 0 Å². The van der Waals surface area contributed by atoms with E-state index in [1.807, 2.05) is 0 Å². The van der Waals surface area contributed by atoms with Gasteiger partial charge in [-0.25, -0.2) is 4.98 Å². The van der Waals surface area contributed by atoms with Gasteiger partial charge in [0.05, 0.1) is 6.33 Å². The Morgan fingerprint density at radius 2 is 2.36 bits per heavy atom. The van der Waals surface area contributed by atoms with E-state index < -0.39 is 0 Å². The Labute approximate surface area is 84.5 Å². The van der Waals surface area contributed by atoms with Gasteiger partial charge in [-0.2, -0.15) is 0 Å². The molecule has 0 aromatic carbocycles. The van der Waals surface area contributed by atoms with E-state index in [4.69, 9.17) is 0 Å². The SMILES string of the molecule is CCCCCC(=O)/C=C/n1ccnc1. The molecule has 1 rings (SSSR count). The summed E-state index contributed by atoms with van der Waals surface area (Å²) in [6.07, 6.45) is 12.4. The van der Waals surface area contributed by atoms with Gasteiger partial charge in [0.1, 0.15) is 0 Å². The van der Waals surface area contributed by atoms with Gasteiger partial charge in [-0.05, 0) is 12.5 Å². The molecule has 0 aliphatic carbocycles. The fraction of sp³-hybridized carbons (Fsp3) is 0.455. The van der Waals surface area contributed by atoms with Gasteiger partial charge in [-0.15, -0.1) is 0 Å². The number of unbranched alkanes of at least 4 members (excludes halogenated alkanes) is 2. The summed E-state index contributed by atoms with van der Waals surface area (Å²) in [5.74, 6) is 0.187. The monoisotopic (exact) mass is 192 g/mol. The second kappa shape index (κ2) is 6.13. The number of nitrogens with zero attached hydrogens (tertiary/aromatic N) is 2. The summed E-state index contributed by atoms with van der Waals surface area (Å²) in [6.45, 7) is 2.13. The Balaban J connectivity index is 2.26. The normalized spacial score (nSPS) is 10.9. The Morgan fingerprint density at radius 3 is 3.00 bits per heavy atom. The Kier molecular flexibility index (Phi) is 4.69. The topological polar surface area (TPSA) is 34.9 Å². The highest BCUT2D eigenvalue weighted by molar-refractivity contribution is 5.91. The van der Waals surface area contributed by atoms with Gasteiger partial charge in [0.25, 0.3) is 0 Å². The largest absolute Gasteiger partial charge is 0.313 e. The lowest BCUT2D eigenvalue weighted by molar-refractivity contribution is -0.114. The zero-order valence-corrected chi connectivity index (χ0v) is 8.52. The number of rotatable bonds is 6. The minimum atomic E-state index is 0.187. The summed E-state index contributed by atoms with van der Waals surface area (Å²) < 4.78 is 1.76. The molecule has 0 aliphatic heterocycles. The number of carbonyl (C=O) groups is 1. The summed E-state index contributed by atoms with van der Waals surface area (Å²) in [5, 5.41) is 0. The standard InChI is InChI=1S/C11H16N2O/c1-2-3-4-5-11(14)6-8-13-9-7-12-10-13/h6-10H,2-5H2,1H3/b8-6+. The lowest BCUT2D eigenvalue weighted by atomic mass is 10.1. The van der Waals surface area contributed by atoms with Crippen molar-refractivity contribution in [3.05, 3.63) is 24.8 Å². The molecule has 76 valence electrons. The third-order valence-electron chi connectivity index (χ3n) is 1.98. The maximum absolute atomic E-state index is 11.3. The van der Waals surface area contributed by atoms with Crippen molar-refractivity contribution >= 4 is 12.0 Å². The van der Waals surface area contributed by atoms with Gasteiger partial charge in [0.2, 0.25) is 0 Å². The van der Waals surface area contributed by atoms with Crippen LogP contribution in [0.15, 0.2) is 24.8 Å². The third kappa shape index (κ3) is 4.03. The molecule has 0 fully saturated rings. The predicted molar refractivity (Wildman–Crippen MR) is 56.7 cm³/mol. The predicted octanol–water partition coefficient (Wildman–Crippen LogP) is 2.50. The average molecular weight is 192 g/mol. The van der Waals surface area contributed by atoms with E-state index in [-0.39, 0.29) is 5.78 Å². The molecule has 1 heterocycles. The number of imidazole rings is 1. The van der Waals surface area contributed by atoms with E-state index in [9.17, 15) is 4.79 Å². The van der Waals surface area contributed by atoms with Crippen LogP contribution < -0.4 is 0 Å². The number of carbonyl (C=O) groups excluding carboxylic acids is 1. The first-order chi connectivity index (χ1) is 6.83. The highest BCUT2D eigenvalue weighted by Crippen LogP contribution is 2.00. The molecule has 0 atom stereocenters. The molecule has 0 amide bonds. The van der Waals surface area contributed by atoms with Crippen molar-refractivity contribution in [2.45, 2.75) is 32.6 Å². The fourth-order valence-electron chi connectivity index (χ4n) is 1.16. The van der Waals surface area contributed by atoms with Gasteiger partial charge >= 0.3 is 0 Å². The third-order valence-corrected chi connectivity index (χ3v) is 1.98. The number of aromatic nitrogens is 2. The first-order valence-electron chi connectivity index (χ1n) is 5.01. The smallest absolute Gasteiger partial charge is 0.157 e. The molecule has 0 saturated heterocycles. The summed E-state index contributed by atoms with van der Waals surface area (Å²) in [7, 11) is 0. The second-order valence-electron chi connectivity index (χ2n) is 3.25. The van der Waals surface area contributed by atoms with E-state index in [0.717, 1.165) is 19.3 Å². The fourth-order valence-corrected chi connectivity index (χ4v) is 1.16. The van der Waals surface area contributed by atoms with Crippen molar-refractivity contribution in [2.75, 3.05) is 0 Å². The Bertz CT molecular complexity index is 288. The van der Waals surface area contributed by atoms with E-state index in [2.05, 4.69) is 11.9 Å². The summed E-state index contributed by atoms with van der Waals surface area (Å²) in [4.78, 5) is 15.2. The minimum Gasteiger partial charge on any atom is -0.313 e. The van der Waals surface area contributed by atoms with Crippen molar-refractivity contribution in [3.63, 3.8) is 0 Å². The van der Waals surface area contributed by atoms with Crippen LogP contribution in [0.1, 0.15) is 32.6 Å². The van der Waals surface area contributed by atoms with Crippen LogP contribution in [0.2, 0.25) is 0 Å². The quantitative estimate of drug-likeness (QED) is 0.512. The zero-order valence-electron chi connectivity index (χ0n) is 8.52. The van der Waals surface area contributed by atoms with E-state index in [0.29, 0.717) is 6.42 Å². The molecule has 1 aromatic heterocycles. The van der Waals surface area contributed by atoms with Gasteiger partial charge < -0.3 is 4.57 Å². The number of hydrogen-bond acceptors (Lipinski definition) is 2. The molecule has 14 heavy (non-hydrogen) atoms. The lowest BCUT2D eigenvalue weighted by Crippen LogP contribution is -1.93. The number of allylic oxidation sites excluding steroid dienone is 1. The first-order valence-corrected chi connectivity index (χ1v) is 5.01. The van der Waals surface area contributed by atoms with E-state index in [1.165, 1.54) is 0 Å². The maximum Gasteiger partial charge on any atom is 0.157 e. The average Bonchev–Trinajstić information content (AvgIpc) is 2.68. The van der Waals surface area contributed by atoms with Crippen LogP contribution >= 0.6 is 0 Å². The van der Waals surface area contributed by atoms with Crippen LogP contribution in [-0.2, 0) is 4.79 Å². The van der Waals surface area contributed by atoms with Crippen LogP contribution in [0.3, 0.4) is 0 Å². The molecule has 0 radical (unpaired) electrons. The van der Waals surface area contributed by atoms with Crippen molar-refractivity contribution in [1.82, 2.24) is 9.55 Å². The molecular formula is C11H16N2O. The van der Waals surface area contributed by atoms with Gasteiger partial charge in [-0.1, -0.05) is 19.8 Å². The highest BCUT2D eigenvalue weighted by atomic mass is 16.1. The van der Waals surface area contributed by atoms with Gasteiger partial charge in [0, 0.05) is 25.0 Å². The van der Waals surface area contributed by atoms with Crippen molar-refractivity contribution in [1.29, 1.82) is 0 Å². The molecule has 0 N–H and O–H groups in total. The molecular weight excluding hydrogens is 176 g/mol. The zero-order chi connectivity index (χ0) is 10.2. The Hall–Kier alpha value is -1.38. The first kappa shape index (κ1) is 10.7. The molecule has 0 aliphatic rings. The van der Waals surface area contributed by atoms with Crippen molar-refractivity contribution < 1.29 is 4.79 Å². The van der Waals surface area contributed by atoms with Crippen LogP contribution in [0.25, 0.3) is 6.20 Å². The molecule has 0 unspecified atom stereocenters. The molecule has 0 bridgehead atoms. The number of ketones is 1. The second-order valence-corrected chi connectivity index (χ2v) is 3.25. The summed E-state index contributed by atoms with van der Waals surface area (Å²) in [6, 6.07) is 0. The molecule has 1 aromatic rings.